The Kier molecular flexibility index (Phi) is 3.85. The van der Waals surface area contributed by atoms with Crippen molar-refractivity contribution >= 4 is 5.91 Å². The molecule has 1 amide bonds. The van der Waals surface area contributed by atoms with Crippen LogP contribution in [0.15, 0.2) is 0 Å². The molecule has 0 aromatic carbocycles. The van der Waals surface area contributed by atoms with Crippen LogP contribution in [0.3, 0.4) is 0 Å². The third-order valence-corrected chi connectivity index (χ3v) is 4.23. The number of likely N-dealkylation sites (tertiary alicyclic amines) is 1. The first-order chi connectivity index (χ1) is 7.74. The highest BCUT2D eigenvalue weighted by Gasteiger charge is 2.36. The van der Waals surface area contributed by atoms with E-state index < -0.39 is 0 Å². The van der Waals surface area contributed by atoms with Crippen LogP contribution in [0.1, 0.15) is 45.4 Å². The highest BCUT2D eigenvalue weighted by Crippen LogP contribution is 2.35. The number of ether oxygens (including phenoxy) is 1. The van der Waals surface area contributed by atoms with E-state index in [1.165, 1.54) is 38.5 Å². The molecule has 2 rings (SSSR count). The SMILES string of the molecule is COC(C)C(=O)N1CCCC2CCCCC21. The number of carbonyl (C=O) groups excluding carboxylic acids is 1. The van der Waals surface area contributed by atoms with Gasteiger partial charge in [0.15, 0.2) is 0 Å². The van der Waals surface area contributed by atoms with Crippen molar-refractivity contribution in [2.75, 3.05) is 13.7 Å². The minimum Gasteiger partial charge on any atom is -0.372 e. The minimum atomic E-state index is -0.277. The third-order valence-electron chi connectivity index (χ3n) is 4.23. The normalized spacial score (nSPS) is 32.0. The zero-order valence-electron chi connectivity index (χ0n) is 10.4. The highest BCUT2D eigenvalue weighted by molar-refractivity contribution is 5.81. The molecule has 3 atom stereocenters. The Morgan fingerprint density at radius 3 is 2.69 bits per heavy atom. The molecule has 1 saturated heterocycles. The third kappa shape index (κ3) is 2.24. The second kappa shape index (κ2) is 5.17. The van der Waals surface area contributed by atoms with E-state index in [1.54, 1.807) is 7.11 Å². The van der Waals surface area contributed by atoms with Gasteiger partial charge in [-0.05, 0) is 38.5 Å². The smallest absolute Gasteiger partial charge is 0.251 e. The first-order valence-electron chi connectivity index (χ1n) is 6.57. The van der Waals surface area contributed by atoms with E-state index >= 15 is 0 Å². The lowest BCUT2D eigenvalue weighted by atomic mass is 9.78. The van der Waals surface area contributed by atoms with E-state index in [4.69, 9.17) is 4.74 Å². The van der Waals surface area contributed by atoms with Gasteiger partial charge in [0.2, 0.25) is 0 Å². The van der Waals surface area contributed by atoms with Gasteiger partial charge in [0.25, 0.3) is 5.91 Å². The van der Waals surface area contributed by atoms with Gasteiger partial charge >= 0.3 is 0 Å². The van der Waals surface area contributed by atoms with E-state index in [1.807, 2.05) is 6.92 Å². The lowest BCUT2D eigenvalue weighted by Gasteiger charge is -2.44. The lowest BCUT2D eigenvalue weighted by molar-refractivity contribution is -0.147. The molecule has 0 aromatic rings. The van der Waals surface area contributed by atoms with Crippen molar-refractivity contribution in [3.05, 3.63) is 0 Å². The van der Waals surface area contributed by atoms with Crippen LogP contribution in [0.5, 0.6) is 0 Å². The van der Waals surface area contributed by atoms with E-state index in [-0.39, 0.29) is 12.0 Å². The van der Waals surface area contributed by atoms with Crippen molar-refractivity contribution in [3.63, 3.8) is 0 Å². The van der Waals surface area contributed by atoms with Gasteiger partial charge in [0.1, 0.15) is 6.10 Å². The zero-order chi connectivity index (χ0) is 11.5. The maximum atomic E-state index is 12.2. The van der Waals surface area contributed by atoms with Crippen LogP contribution >= 0.6 is 0 Å². The number of amides is 1. The fourth-order valence-electron chi connectivity index (χ4n) is 3.23. The van der Waals surface area contributed by atoms with Crippen molar-refractivity contribution in [1.29, 1.82) is 0 Å². The fourth-order valence-corrected chi connectivity index (χ4v) is 3.23. The molecular weight excluding hydrogens is 202 g/mol. The Morgan fingerprint density at radius 1 is 1.25 bits per heavy atom. The first-order valence-corrected chi connectivity index (χ1v) is 6.57. The van der Waals surface area contributed by atoms with Gasteiger partial charge in [-0.2, -0.15) is 0 Å². The summed E-state index contributed by atoms with van der Waals surface area (Å²) >= 11 is 0. The van der Waals surface area contributed by atoms with Gasteiger partial charge in [0.05, 0.1) is 0 Å². The standard InChI is InChI=1S/C13H23NO2/c1-10(16-2)13(15)14-9-5-7-11-6-3-4-8-12(11)14/h10-12H,3-9H2,1-2H3. The van der Waals surface area contributed by atoms with Crippen LogP contribution in [0.25, 0.3) is 0 Å². The first kappa shape index (κ1) is 11.9. The average Bonchev–Trinajstić information content (AvgIpc) is 2.36. The second-order valence-corrected chi connectivity index (χ2v) is 5.16. The van der Waals surface area contributed by atoms with Crippen LogP contribution in [-0.4, -0.2) is 36.6 Å². The van der Waals surface area contributed by atoms with Crippen LogP contribution in [0.4, 0.5) is 0 Å². The number of fused-ring (bicyclic) bond motifs is 1. The molecule has 1 aliphatic heterocycles. The molecule has 2 fully saturated rings. The number of rotatable bonds is 2. The fraction of sp³-hybridized carbons (Fsp3) is 0.923. The van der Waals surface area contributed by atoms with Gasteiger partial charge in [0, 0.05) is 19.7 Å². The second-order valence-electron chi connectivity index (χ2n) is 5.16. The lowest BCUT2D eigenvalue weighted by Crippen LogP contribution is -2.52. The Hall–Kier alpha value is -0.570. The summed E-state index contributed by atoms with van der Waals surface area (Å²) in [6.07, 6.45) is 7.36. The van der Waals surface area contributed by atoms with Crippen molar-refractivity contribution in [1.82, 2.24) is 4.90 Å². The monoisotopic (exact) mass is 225 g/mol. The summed E-state index contributed by atoms with van der Waals surface area (Å²) in [5, 5.41) is 0. The molecule has 2 aliphatic rings. The Bertz CT molecular complexity index is 252. The molecule has 0 aromatic heterocycles. The van der Waals surface area contributed by atoms with Gasteiger partial charge in [-0.15, -0.1) is 0 Å². The van der Waals surface area contributed by atoms with Gasteiger partial charge in [-0.25, -0.2) is 0 Å². The summed E-state index contributed by atoms with van der Waals surface area (Å²) in [4.78, 5) is 14.3. The van der Waals surface area contributed by atoms with Gasteiger partial charge in [-0.1, -0.05) is 12.8 Å². The summed E-state index contributed by atoms with van der Waals surface area (Å²) in [7, 11) is 1.62. The van der Waals surface area contributed by atoms with E-state index in [9.17, 15) is 4.79 Å². The van der Waals surface area contributed by atoms with E-state index in [0.29, 0.717) is 6.04 Å². The Balaban J connectivity index is 2.04. The highest BCUT2D eigenvalue weighted by atomic mass is 16.5. The minimum absolute atomic E-state index is 0.194. The van der Waals surface area contributed by atoms with Crippen LogP contribution in [0, 0.1) is 5.92 Å². The molecule has 0 spiro atoms. The Morgan fingerprint density at radius 2 is 1.94 bits per heavy atom. The number of hydrogen-bond donors (Lipinski definition) is 0. The van der Waals surface area contributed by atoms with Crippen LogP contribution < -0.4 is 0 Å². The Labute approximate surface area is 98.1 Å². The van der Waals surface area contributed by atoms with E-state index in [0.717, 1.165) is 12.5 Å². The molecule has 0 bridgehead atoms. The summed E-state index contributed by atoms with van der Waals surface area (Å²) in [6.45, 7) is 2.79. The predicted molar refractivity (Wildman–Crippen MR) is 63.2 cm³/mol. The van der Waals surface area contributed by atoms with Crippen LogP contribution in [-0.2, 0) is 9.53 Å². The van der Waals surface area contributed by atoms with Crippen molar-refractivity contribution in [2.45, 2.75) is 57.6 Å². The largest absolute Gasteiger partial charge is 0.372 e. The molecule has 1 aliphatic carbocycles. The number of methoxy groups -OCH3 is 1. The zero-order valence-corrected chi connectivity index (χ0v) is 10.4. The number of nitrogens with zero attached hydrogens (tertiary/aromatic N) is 1. The maximum absolute atomic E-state index is 12.2. The predicted octanol–water partition coefficient (Wildman–Crippen LogP) is 2.20. The van der Waals surface area contributed by atoms with Crippen molar-refractivity contribution in [3.8, 4) is 0 Å². The number of hydrogen-bond acceptors (Lipinski definition) is 2. The maximum Gasteiger partial charge on any atom is 0.251 e. The number of piperidine rings is 1. The molecule has 3 heteroatoms. The molecule has 3 unspecified atom stereocenters. The summed E-state index contributed by atoms with van der Waals surface area (Å²) in [5.74, 6) is 0.953. The topological polar surface area (TPSA) is 29.5 Å². The molecule has 92 valence electrons. The number of carbonyl (C=O) groups is 1. The molecular formula is C13H23NO2. The summed E-state index contributed by atoms with van der Waals surface area (Å²) in [5.41, 5.74) is 0. The van der Waals surface area contributed by atoms with Crippen LogP contribution in [0.2, 0.25) is 0 Å². The quantitative estimate of drug-likeness (QED) is 0.721. The average molecular weight is 225 g/mol. The molecule has 0 radical (unpaired) electrons. The molecule has 1 heterocycles. The molecule has 16 heavy (non-hydrogen) atoms. The van der Waals surface area contributed by atoms with Gasteiger partial charge < -0.3 is 9.64 Å². The molecule has 0 N–H and O–H groups in total. The summed E-state index contributed by atoms with van der Waals surface area (Å²) in [6, 6.07) is 0.507. The van der Waals surface area contributed by atoms with E-state index in [2.05, 4.69) is 4.90 Å². The van der Waals surface area contributed by atoms with Crippen molar-refractivity contribution in [2.24, 2.45) is 5.92 Å². The molecule has 3 nitrogen and oxygen atoms in total. The summed E-state index contributed by atoms with van der Waals surface area (Å²) < 4.78 is 5.15. The van der Waals surface area contributed by atoms with Crippen molar-refractivity contribution < 1.29 is 9.53 Å². The van der Waals surface area contributed by atoms with Gasteiger partial charge in [-0.3, -0.25) is 4.79 Å². The molecule has 1 saturated carbocycles.